The molecule has 0 saturated carbocycles. The van der Waals surface area contributed by atoms with Gasteiger partial charge in [0.05, 0.1) is 7.11 Å². The third-order valence-electron chi connectivity index (χ3n) is 2.99. The van der Waals surface area contributed by atoms with Crippen molar-refractivity contribution in [3.8, 4) is 0 Å². The first kappa shape index (κ1) is 16.3. The Morgan fingerprint density at radius 3 is 2.57 bits per heavy atom. The molecule has 2 rings (SSSR count). The number of carbonyl (C=O) groups excluding carboxylic acids is 2. The number of aryl methyl sites for hydroxylation is 1. The Labute approximate surface area is 131 Å². The van der Waals surface area contributed by atoms with E-state index < -0.39 is 17.7 Å². The largest absolute Gasteiger partial charge is 0.465 e. The number of esters is 1. The molecule has 1 aromatic heterocycles. The molecule has 0 unspecified atom stereocenters. The van der Waals surface area contributed by atoms with Crippen LogP contribution in [0.3, 0.4) is 0 Å². The molecular formula is C16H15NO6. The molecule has 120 valence electrons. The maximum absolute atomic E-state index is 11.7. The summed E-state index contributed by atoms with van der Waals surface area (Å²) in [5.74, 6) is -0.572. The maximum atomic E-state index is 11.7. The van der Waals surface area contributed by atoms with E-state index in [0.717, 1.165) is 5.56 Å². The minimum absolute atomic E-state index is 0.0467. The third kappa shape index (κ3) is 4.19. The summed E-state index contributed by atoms with van der Waals surface area (Å²) >= 11 is 0. The number of anilines is 1. The lowest BCUT2D eigenvalue weighted by atomic mass is 10.2. The van der Waals surface area contributed by atoms with Crippen LogP contribution in [-0.2, 0) is 16.1 Å². The minimum Gasteiger partial charge on any atom is -0.465 e. The van der Waals surface area contributed by atoms with Crippen LogP contribution >= 0.6 is 0 Å². The normalized spacial score (nSPS) is 10.0. The summed E-state index contributed by atoms with van der Waals surface area (Å²) in [5.41, 5.74) is -0.139. The highest BCUT2D eigenvalue weighted by atomic mass is 16.5. The first-order valence-electron chi connectivity index (χ1n) is 6.72. The number of nitrogens with one attached hydrogen (secondary N) is 1. The average Bonchev–Trinajstić information content (AvgIpc) is 2.55. The van der Waals surface area contributed by atoms with Gasteiger partial charge < -0.3 is 13.9 Å². The monoisotopic (exact) mass is 317 g/mol. The van der Waals surface area contributed by atoms with Crippen LogP contribution in [0.15, 0.2) is 45.6 Å². The molecule has 0 saturated heterocycles. The predicted octanol–water partition coefficient (Wildman–Crippen LogP) is 2.48. The van der Waals surface area contributed by atoms with Gasteiger partial charge in [-0.3, -0.25) is 5.32 Å². The highest BCUT2D eigenvalue weighted by Crippen LogP contribution is 2.12. The van der Waals surface area contributed by atoms with Crippen LogP contribution < -0.4 is 10.9 Å². The summed E-state index contributed by atoms with van der Waals surface area (Å²) in [5, 5.41) is 2.25. The minimum atomic E-state index is -0.833. The van der Waals surface area contributed by atoms with Crippen LogP contribution in [0.1, 0.15) is 21.7 Å². The van der Waals surface area contributed by atoms with Gasteiger partial charge in [-0.1, -0.05) is 30.3 Å². The summed E-state index contributed by atoms with van der Waals surface area (Å²) < 4.78 is 14.5. The van der Waals surface area contributed by atoms with E-state index in [9.17, 15) is 14.4 Å². The fourth-order valence-corrected chi connectivity index (χ4v) is 1.82. The topological polar surface area (TPSA) is 94.8 Å². The molecule has 1 aromatic carbocycles. The van der Waals surface area contributed by atoms with Gasteiger partial charge in [0.1, 0.15) is 23.6 Å². The second kappa shape index (κ2) is 7.26. The summed E-state index contributed by atoms with van der Waals surface area (Å²) in [7, 11) is 1.20. The van der Waals surface area contributed by atoms with E-state index >= 15 is 0 Å². The van der Waals surface area contributed by atoms with Crippen molar-refractivity contribution < 1.29 is 23.5 Å². The first-order chi connectivity index (χ1) is 11.0. The lowest BCUT2D eigenvalue weighted by molar-refractivity contribution is 0.0596. The molecule has 1 amide bonds. The number of carbonyl (C=O) groups is 2. The average molecular weight is 317 g/mol. The molecule has 7 heteroatoms. The van der Waals surface area contributed by atoms with Gasteiger partial charge in [-0.05, 0) is 18.6 Å². The number of hydrogen-bond donors (Lipinski definition) is 1. The lowest BCUT2D eigenvalue weighted by Gasteiger charge is -2.08. The zero-order chi connectivity index (χ0) is 16.8. The molecule has 0 radical (unpaired) electrons. The fraction of sp³-hybridized carbons (Fsp3) is 0.188. The van der Waals surface area contributed by atoms with Crippen molar-refractivity contribution in [1.29, 1.82) is 0 Å². The second-order valence-corrected chi connectivity index (χ2v) is 4.60. The van der Waals surface area contributed by atoms with Crippen molar-refractivity contribution in [2.45, 2.75) is 13.5 Å². The number of amides is 1. The van der Waals surface area contributed by atoms with Gasteiger partial charge in [-0.25, -0.2) is 14.4 Å². The SMILES string of the molecule is COC(=O)c1cc(NC(=O)OCc2ccccc2)c(=O)oc1C. The van der Waals surface area contributed by atoms with Crippen LogP contribution in [0.25, 0.3) is 0 Å². The van der Waals surface area contributed by atoms with Crippen LogP contribution in [0.5, 0.6) is 0 Å². The summed E-state index contributed by atoms with van der Waals surface area (Å²) in [6, 6.07) is 10.2. The summed E-state index contributed by atoms with van der Waals surface area (Å²) in [4.78, 5) is 35.0. The van der Waals surface area contributed by atoms with E-state index in [0.29, 0.717) is 0 Å². The molecule has 0 atom stereocenters. The molecular weight excluding hydrogens is 302 g/mol. The highest BCUT2D eigenvalue weighted by Gasteiger charge is 2.17. The Morgan fingerprint density at radius 2 is 1.91 bits per heavy atom. The van der Waals surface area contributed by atoms with E-state index in [4.69, 9.17) is 9.15 Å². The van der Waals surface area contributed by atoms with Crippen molar-refractivity contribution >= 4 is 17.7 Å². The van der Waals surface area contributed by atoms with Crippen molar-refractivity contribution in [1.82, 2.24) is 0 Å². The van der Waals surface area contributed by atoms with E-state index in [1.165, 1.54) is 20.1 Å². The van der Waals surface area contributed by atoms with Gasteiger partial charge >= 0.3 is 17.7 Å². The molecule has 2 aromatic rings. The number of rotatable bonds is 4. The molecule has 0 fully saturated rings. The smallest absolute Gasteiger partial charge is 0.412 e. The number of ether oxygens (including phenoxy) is 2. The number of hydrogen-bond acceptors (Lipinski definition) is 6. The number of benzene rings is 1. The molecule has 0 spiro atoms. The third-order valence-corrected chi connectivity index (χ3v) is 2.99. The Kier molecular flexibility index (Phi) is 5.14. The Hall–Kier alpha value is -3.09. The first-order valence-corrected chi connectivity index (χ1v) is 6.72. The molecule has 1 heterocycles. The van der Waals surface area contributed by atoms with Crippen molar-refractivity contribution in [3.63, 3.8) is 0 Å². The van der Waals surface area contributed by atoms with Crippen molar-refractivity contribution in [3.05, 3.63) is 63.7 Å². The predicted molar refractivity (Wildman–Crippen MR) is 81.3 cm³/mol. The van der Waals surface area contributed by atoms with E-state index in [2.05, 4.69) is 10.1 Å². The van der Waals surface area contributed by atoms with E-state index in [1.54, 1.807) is 12.1 Å². The molecule has 0 aliphatic carbocycles. The van der Waals surface area contributed by atoms with E-state index in [1.807, 2.05) is 18.2 Å². The van der Waals surface area contributed by atoms with Crippen LogP contribution in [0.2, 0.25) is 0 Å². The molecule has 7 nitrogen and oxygen atoms in total. The van der Waals surface area contributed by atoms with E-state index in [-0.39, 0.29) is 23.6 Å². The highest BCUT2D eigenvalue weighted by molar-refractivity contribution is 5.92. The summed E-state index contributed by atoms with van der Waals surface area (Å²) in [6.07, 6.45) is -0.833. The molecule has 0 bridgehead atoms. The zero-order valence-corrected chi connectivity index (χ0v) is 12.6. The van der Waals surface area contributed by atoms with Gasteiger partial charge in [-0.15, -0.1) is 0 Å². The van der Waals surface area contributed by atoms with Gasteiger partial charge in [0.25, 0.3) is 0 Å². The second-order valence-electron chi connectivity index (χ2n) is 4.60. The zero-order valence-electron chi connectivity index (χ0n) is 12.6. The molecule has 0 aliphatic heterocycles. The summed E-state index contributed by atoms with van der Waals surface area (Å²) in [6.45, 7) is 1.50. The maximum Gasteiger partial charge on any atom is 0.412 e. The fourth-order valence-electron chi connectivity index (χ4n) is 1.82. The number of methoxy groups -OCH3 is 1. The van der Waals surface area contributed by atoms with Crippen LogP contribution in [0, 0.1) is 6.92 Å². The van der Waals surface area contributed by atoms with Gasteiger partial charge in [-0.2, -0.15) is 0 Å². The van der Waals surface area contributed by atoms with Gasteiger partial charge in [0.2, 0.25) is 0 Å². The van der Waals surface area contributed by atoms with Gasteiger partial charge in [0.15, 0.2) is 0 Å². The Morgan fingerprint density at radius 1 is 1.22 bits per heavy atom. The standard InChI is InChI=1S/C16H15NO6/c1-10-12(14(18)21-2)8-13(15(19)23-10)17-16(20)22-9-11-6-4-3-5-7-11/h3-8H,9H2,1-2H3,(H,17,20). The lowest BCUT2D eigenvalue weighted by Crippen LogP contribution is -2.20. The quantitative estimate of drug-likeness (QED) is 0.871. The molecule has 0 aliphatic rings. The molecule has 1 N–H and O–H groups in total. The van der Waals surface area contributed by atoms with Crippen LogP contribution in [0.4, 0.5) is 10.5 Å². The molecule has 23 heavy (non-hydrogen) atoms. The Balaban J connectivity index is 2.08. The van der Waals surface area contributed by atoms with Crippen molar-refractivity contribution in [2.75, 3.05) is 12.4 Å². The van der Waals surface area contributed by atoms with Crippen molar-refractivity contribution in [2.24, 2.45) is 0 Å². The van der Waals surface area contributed by atoms with Crippen LogP contribution in [-0.4, -0.2) is 19.2 Å². The van der Waals surface area contributed by atoms with Gasteiger partial charge in [0, 0.05) is 0 Å². The Bertz CT molecular complexity index is 766.